The zero-order valence-corrected chi connectivity index (χ0v) is 7.70. The normalized spacial score (nSPS) is 5.40. The largest absolute Gasteiger partial charge is 4.00 e. The van der Waals surface area contributed by atoms with Gasteiger partial charge in [0.25, 0.3) is 0 Å². The van der Waals surface area contributed by atoms with Gasteiger partial charge in [0, 0.05) is 0 Å². The molecule has 0 aliphatic carbocycles. The number of hydrogen-bond acceptors (Lipinski definition) is 6. The molecule has 0 amide bonds. The molecule has 0 spiro atoms. The summed E-state index contributed by atoms with van der Waals surface area (Å²) in [7, 11) is -5.83. The van der Waals surface area contributed by atoms with Crippen molar-refractivity contribution in [2.75, 3.05) is 0 Å². The van der Waals surface area contributed by atoms with Crippen molar-refractivity contribution in [3.8, 4) is 0 Å². The summed E-state index contributed by atoms with van der Waals surface area (Å²) >= 11 is 0. The molecule has 0 aromatic rings. The maximum atomic E-state index is 8.42. The topological polar surface area (TPSA) is 138 Å². The van der Waals surface area contributed by atoms with Crippen LogP contribution in [0.15, 0.2) is 0 Å². The third-order valence-electron chi connectivity index (χ3n) is 0. The van der Waals surface area contributed by atoms with Crippen LogP contribution in [0.2, 0.25) is 0 Å². The van der Waals surface area contributed by atoms with Crippen molar-refractivity contribution in [3.05, 3.63) is 0 Å². The van der Waals surface area contributed by atoms with Crippen LogP contribution >= 0.6 is 0 Å². The van der Waals surface area contributed by atoms with Crippen LogP contribution in [-0.2, 0) is 0 Å². The fourth-order valence-corrected chi connectivity index (χ4v) is 0. The van der Waals surface area contributed by atoms with Gasteiger partial charge in [-0.1, -0.05) is 0 Å². The standard InChI is InChI=1S/2BO3.Ge.Si/c2*2-1(3)4;;/q2*-3;+2;+4. The van der Waals surface area contributed by atoms with Crippen molar-refractivity contribution in [1.29, 1.82) is 0 Å². The summed E-state index contributed by atoms with van der Waals surface area (Å²) in [6.45, 7) is 0. The molecule has 0 unspecified atom stereocenters. The summed E-state index contributed by atoms with van der Waals surface area (Å²) in [6.07, 6.45) is 0. The van der Waals surface area contributed by atoms with Crippen LogP contribution in [-0.4, -0.2) is 43.2 Å². The second-order valence-corrected chi connectivity index (χ2v) is 0.577. The predicted octanol–water partition coefficient (Wildman–Crippen LogP) is -8.66. The van der Waals surface area contributed by atoms with Crippen molar-refractivity contribution >= 4 is 43.2 Å². The Kier molecular flexibility index (Phi) is 36.6. The van der Waals surface area contributed by atoms with Gasteiger partial charge in [0.2, 0.25) is 0 Å². The smallest absolute Gasteiger partial charge is 0.907 e. The first-order valence-electron chi connectivity index (χ1n) is 1.41. The van der Waals surface area contributed by atoms with Crippen LogP contribution in [0.4, 0.5) is 0 Å². The Morgan fingerprint density at radius 1 is 0.600 bits per heavy atom. The molecule has 2 radical (unpaired) electrons. The van der Waals surface area contributed by atoms with E-state index < -0.39 is 14.6 Å². The second kappa shape index (κ2) is 16.3. The zero-order valence-electron chi connectivity index (χ0n) is 4.60. The molecule has 10 heteroatoms. The van der Waals surface area contributed by atoms with E-state index in [9.17, 15) is 0 Å². The van der Waals surface area contributed by atoms with Crippen LogP contribution in [0.5, 0.6) is 0 Å². The predicted molar refractivity (Wildman–Crippen MR) is 23.0 cm³/mol. The van der Waals surface area contributed by atoms with Crippen LogP contribution < -0.4 is 30.1 Å². The third kappa shape index (κ3) is 1200. The molecule has 0 aromatic heterocycles. The molecule has 0 saturated heterocycles. The van der Waals surface area contributed by atoms with Gasteiger partial charge in [-0.05, 0) is 0 Å². The van der Waals surface area contributed by atoms with Gasteiger partial charge in [-0.2, -0.15) is 0 Å². The fraction of sp³-hybridized carbons (Fsp3) is 0. The van der Waals surface area contributed by atoms with Gasteiger partial charge in [0.1, 0.15) is 0 Å². The molecule has 0 aliphatic heterocycles. The Labute approximate surface area is 73.9 Å². The van der Waals surface area contributed by atoms with Crippen molar-refractivity contribution in [2.45, 2.75) is 0 Å². The van der Waals surface area contributed by atoms with Gasteiger partial charge in [-0.3, -0.25) is 14.6 Å². The number of hydrogen-bond donors (Lipinski definition) is 0. The zero-order chi connectivity index (χ0) is 7.15. The first-order chi connectivity index (χ1) is 3.46. The Bertz CT molecular complexity index is 31.2. The van der Waals surface area contributed by atoms with E-state index in [4.69, 9.17) is 30.1 Å². The summed E-state index contributed by atoms with van der Waals surface area (Å²) in [4.78, 5) is 0. The Balaban J connectivity index is -0.0000000300. The van der Waals surface area contributed by atoms with Crippen LogP contribution in [0.1, 0.15) is 0 Å². The van der Waals surface area contributed by atoms with E-state index >= 15 is 0 Å². The van der Waals surface area contributed by atoms with Crippen LogP contribution in [0.25, 0.3) is 0 Å². The molecule has 0 atom stereocenters. The van der Waals surface area contributed by atoms with E-state index in [0.29, 0.717) is 0 Å². The molecule has 0 heterocycles. The van der Waals surface area contributed by atoms with Crippen molar-refractivity contribution in [1.82, 2.24) is 0 Å². The summed E-state index contributed by atoms with van der Waals surface area (Å²) in [6, 6.07) is 0. The fourth-order valence-electron chi connectivity index (χ4n) is 0. The minimum atomic E-state index is -2.92. The van der Waals surface area contributed by atoms with Gasteiger partial charge in [-0.15, -0.1) is 0 Å². The van der Waals surface area contributed by atoms with Crippen molar-refractivity contribution in [3.63, 3.8) is 0 Å². The van der Waals surface area contributed by atoms with Crippen molar-refractivity contribution in [2.24, 2.45) is 0 Å². The second-order valence-electron chi connectivity index (χ2n) is 0.577. The van der Waals surface area contributed by atoms with Gasteiger partial charge in [0.05, 0.1) is 0 Å². The molecule has 10 heavy (non-hydrogen) atoms. The summed E-state index contributed by atoms with van der Waals surface area (Å²) in [5.41, 5.74) is 0. The number of rotatable bonds is 0. The first kappa shape index (κ1) is 22.4. The average Bonchev–Trinajstić information content (AvgIpc) is 1.25. The summed E-state index contributed by atoms with van der Waals surface area (Å²) in [5.74, 6) is 0. The molecule has 6 nitrogen and oxygen atoms in total. The van der Waals surface area contributed by atoms with Gasteiger partial charge in [-0.25, -0.2) is 0 Å². The van der Waals surface area contributed by atoms with E-state index in [1.54, 1.807) is 0 Å². The Morgan fingerprint density at radius 3 is 0.600 bits per heavy atom. The molecular weight excluding hydrogens is 218 g/mol. The Hall–Kier alpha value is 0.650. The maximum absolute atomic E-state index is 8.42. The van der Waals surface area contributed by atoms with Gasteiger partial charge in [0.15, 0.2) is 0 Å². The van der Waals surface area contributed by atoms with Gasteiger partial charge < -0.3 is 30.1 Å². The van der Waals surface area contributed by atoms with Crippen molar-refractivity contribution < 1.29 is 30.1 Å². The maximum Gasteiger partial charge on any atom is 4.00 e. The Morgan fingerprint density at radius 2 is 0.600 bits per heavy atom. The quantitative estimate of drug-likeness (QED) is 0.370. The molecule has 0 rings (SSSR count). The SMILES string of the molecule is [Ge+2].[O-]B([O-])[O-].[O-]B([O-])[O-].[Si+4]. The van der Waals surface area contributed by atoms with E-state index in [-0.39, 0.29) is 28.6 Å². The molecule has 50 valence electrons. The minimum Gasteiger partial charge on any atom is -0.907 e. The summed E-state index contributed by atoms with van der Waals surface area (Å²) in [5, 5.41) is 50.5. The molecule has 0 saturated carbocycles. The average molecular weight is 218 g/mol. The minimum absolute atomic E-state index is 0. The molecular formula is B2GeO6Si. The van der Waals surface area contributed by atoms with E-state index in [2.05, 4.69) is 0 Å². The van der Waals surface area contributed by atoms with E-state index in [1.807, 2.05) is 0 Å². The third-order valence-corrected chi connectivity index (χ3v) is 0. The van der Waals surface area contributed by atoms with Crippen LogP contribution in [0, 0.1) is 0 Å². The molecule has 0 bridgehead atoms. The first-order valence-corrected chi connectivity index (χ1v) is 1.41. The molecule has 0 aromatic carbocycles. The molecule has 0 fully saturated rings. The molecule has 0 aliphatic rings. The summed E-state index contributed by atoms with van der Waals surface area (Å²) < 4.78 is 0. The van der Waals surface area contributed by atoms with E-state index in [1.165, 1.54) is 0 Å². The van der Waals surface area contributed by atoms with Gasteiger partial charge >= 0.3 is 28.6 Å². The van der Waals surface area contributed by atoms with Crippen LogP contribution in [0.3, 0.4) is 0 Å². The van der Waals surface area contributed by atoms with E-state index in [0.717, 1.165) is 0 Å². The molecule has 0 N–H and O–H groups in total. The monoisotopic (exact) mass is 220 g/mol.